The van der Waals surface area contributed by atoms with Gasteiger partial charge in [0.05, 0.1) is 12.7 Å². The second-order valence-corrected chi connectivity index (χ2v) is 4.13. The van der Waals surface area contributed by atoms with Crippen LogP contribution in [0.2, 0.25) is 0 Å². The Morgan fingerprint density at radius 1 is 1.06 bits per heavy atom. The molecule has 2 aromatic rings. The van der Waals surface area contributed by atoms with Gasteiger partial charge in [0.25, 0.3) is 0 Å². The summed E-state index contributed by atoms with van der Waals surface area (Å²) in [6.45, 7) is 0. The highest BCUT2D eigenvalue weighted by Crippen LogP contribution is 2.22. The van der Waals surface area contributed by atoms with Gasteiger partial charge in [-0.3, -0.25) is 0 Å². The van der Waals surface area contributed by atoms with Crippen LogP contribution in [0.5, 0.6) is 0 Å². The molecule has 0 atom stereocenters. The third-order valence-corrected chi connectivity index (χ3v) is 2.76. The van der Waals surface area contributed by atoms with Crippen molar-refractivity contribution in [2.45, 2.75) is 0 Å². The first-order valence-corrected chi connectivity index (χ1v) is 5.41. The minimum atomic E-state index is -0.302. The maximum Gasteiger partial charge on any atom is 0.337 e. The summed E-state index contributed by atoms with van der Waals surface area (Å²) >= 11 is 0. The maximum atomic E-state index is 11.4. The Morgan fingerprint density at radius 3 is 2.35 bits per heavy atom. The van der Waals surface area contributed by atoms with Crippen molar-refractivity contribution in [2.75, 3.05) is 26.1 Å². The zero-order valence-electron chi connectivity index (χ0n) is 10.2. The predicted molar refractivity (Wildman–Crippen MR) is 69.6 cm³/mol. The van der Waals surface area contributed by atoms with Crippen molar-refractivity contribution in [3.63, 3.8) is 0 Å². The summed E-state index contributed by atoms with van der Waals surface area (Å²) in [6.07, 6.45) is 0. The normalized spacial score (nSPS) is 10.3. The number of rotatable bonds is 2. The quantitative estimate of drug-likeness (QED) is 0.741. The number of nitrogens with zero attached hydrogens (tertiary/aromatic N) is 1. The van der Waals surface area contributed by atoms with Gasteiger partial charge in [-0.1, -0.05) is 12.1 Å². The summed E-state index contributed by atoms with van der Waals surface area (Å²) in [6, 6.07) is 11.7. The summed E-state index contributed by atoms with van der Waals surface area (Å²) in [4.78, 5) is 13.5. The standard InChI is InChI=1S/C14H15NO2/c1-15(2)13-7-6-10-8-12(14(16)17-3)5-4-11(10)9-13/h4-9H,1-3H3. The molecular weight excluding hydrogens is 214 g/mol. The van der Waals surface area contributed by atoms with Crippen molar-refractivity contribution in [3.8, 4) is 0 Å². The fourth-order valence-corrected chi connectivity index (χ4v) is 1.76. The van der Waals surface area contributed by atoms with Crippen molar-refractivity contribution in [1.82, 2.24) is 0 Å². The van der Waals surface area contributed by atoms with E-state index in [2.05, 4.69) is 6.07 Å². The van der Waals surface area contributed by atoms with E-state index in [1.807, 2.05) is 43.3 Å². The van der Waals surface area contributed by atoms with Crippen LogP contribution in [0.3, 0.4) is 0 Å². The number of hydrogen-bond donors (Lipinski definition) is 0. The fourth-order valence-electron chi connectivity index (χ4n) is 1.76. The van der Waals surface area contributed by atoms with E-state index in [0.717, 1.165) is 16.5 Å². The van der Waals surface area contributed by atoms with Gasteiger partial charge in [-0.05, 0) is 35.0 Å². The third-order valence-electron chi connectivity index (χ3n) is 2.76. The molecule has 0 N–H and O–H groups in total. The molecule has 0 amide bonds. The van der Waals surface area contributed by atoms with Gasteiger partial charge in [-0.15, -0.1) is 0 Å². The first kappa shape index (κ1) is 11.5. The van der Waals surface area contributed by atoms with Crippen LogP contribution in [0.1, 0.15) is 10.4 Å². The Bertz CT molecular complexity index is 561. The average molecular weight is 229 g/mol. The molecule has 88 valence electrons. The SMILES string of the molecule is COC(=O)c1ccc2cc(N(C)C)ccc2c1. The summed E-state index contributed by atoms with van der Waals surface area (Å²) < 4.78 is 4.70. The lowest BCUT2D eigenvalue weighted by molar-refractivity contribution is 0.0601. The molecule has 0 aromatic heterocycles. The molecular formula is C14H15NO2. The minimum absolute atomic E-state index is 0.302. The van der Waals surface area contributed by atoms with E-state index in [-0.39, 0.29) is 5.97 Å². The summed E-state index contributed by atoms with van der Waals surface area (Å²) in [7, 11) is 5.40. The number of anilines is 1. The van der Waals surface area contributed by atoms with Crippen molar-refractivity contribution in [1.29, 1.82) is 0 Å². The molecule has 3 nitrogen and oxygen atoms in total. The highest BCUT2D eigenvalue weighted by atomic mass is 16.5. The first-order chi connectivity index (χ1) is 8.11. The summed E-state index contributed by atoms with van der Waals surface area (Å²) in [5, 5.41) is 2.15. The van der Waals surface area contributed by atoms with E-state index in [1.54, 1.807) is 6.07 Å². The Balaban J connectivity index is 2.50. The number of carbonyl (C=O) groups excluding carboxylic acids is 1. The van der Waals surface area contributed by atoms with Crippen molar-refractivity contribution < 1.29 is 9.53 Å². The number of carbonyl (C=O) groups is 1. The van der Waals surface area contributed by atoms with Gasteiger partial charge in [-0.2, -0.15) is 0 Å². The number of benzene rings is 2. The van der Waals surface area contributed by atoms with Crippen molar-refractivity contribution in [2.24, 2.45) is 0 Å². The molecule has 3 heteroatoms. The summed E-state index contributed by atoms with van der Waals surface area (Å²) in [5.74, 6) is -0.302. The van der Waals surface area contributed by atoms with Crippen LogP contribution in [-0.4, -0.2) is 27.2 Å². The number of ether oxygens (including phenoxy) is 1. The molecule has 2 aromatic carbocycles. The zero-order chi connectivity index (χ0) is 12.4. The van der Waals surface area contributed by atoms with E-state index >= 15 is 0 Å². The van der Waals surface area contributed by atoms with Crippen LogP contribution in [-0.2, 0) is 4.74 Å². The second kappa shape index (κ2) is 4.45. The van der Waals surface area contributed by atoms with Gasteiger partial charge in [0.2, 0.25) is 0 Å². The van der Waals surface area contributed by atoms with Crippen molar-refractivity contribution in [3.05, 3.63) is 42.0 Å². The number of fused-ring (bicyclic) bond motifs is 1. The third kappa shape index (κ3) is 2.23. The monoisotopic (exact) mass is 229 g/mol. The van der Waals surface area contributed by atoms with Crippen LogP contribution >= 0.6 is 0 Å². The van der Waals surface area contributed by atoms with Gasteiger partial charge < -0.3 is 9.64 Å². The first-order valence-electron chi connectivity index (χ1n) is 5.41. The van der Waals surface area contributed by atoms with Gasteiger partial charge >= 0.3 is 5.97 Å². The fraction of sp³-hybridized carbons (Fsp3) is 0.214. The van der Waals surface area contributed by atoms with Gasteiger partial charge in [0.15, 0.2) is 0 Å². The van der Waals surface area contributed by atoms with Crippen LogP contribution < -0.4 is 4.90 Å². The molecule has 0 heterocycles. The zero-order valence-corrected chi connectivity index (χ0v) is 10.2. The molecule has 17 heavy (non-hydrogen) atoms. The highest BCUT2D eigenvalue weighted by molar-refractivity contribution is 5.96. The lowest BCUT2D eigenvalue weighted by atomic mass is 10.1. The molecule has 0 saturated heterocycles. The van der Waals surface area contributed by atoms with Gasteiger partial charge in [0, 0.05) is 19.8 Å². The second-order valence-electron chi connectivity index (χ2n) is 4.13. The molecule has 0 saturated carbocycles. The Labute approximate surface area is 101 Å². The molecule has 2 rings (SSSR count). The lowest BCUT2D eigenvalue weighted by Gasteiger charge is -2.13. The maximum absolute atomic E-state index is 11.4. The van der Waals surface area contributed by atoms with Crippen LogP contribution in [0, 0.1) is 0 Å². The Hall–Kier alpha value is -2.03. The molecule has 0 fully saturated rings. The smallest absolute Gasteiger partial charge is 0.337 e. The molecule has 0 radical (unpaired) electrons. The van der Waals surface area contributed by atoms with E-state index in [4.69, 9.17) is 4.74 Å². The Kier molecular flexibility index (Phi) is 3.00. The van der Waals surface area contributed by atoms with Crippen LogP contribution in [0.15, 0.2) is 36.4 Å². The molecule has 0 aliphatic rings. The number of esters is 1. The highest BCUT2D eigenvalue weighted by Gasteiger charge is 2.06. The molecule has 0 spiro atoms. The Morgan fingerprint density at radius 2 is 1.71 bits per heavy atom. The van der Waals surface area contributed by atoms with Gasteiger partial charge in [-0.25, -0.2) is 4.79 Å². The molecule has 0 aliphatic carbocycles. The van der Waals surface area contributed by atoms with E-state index in [9.17, 15) is 4.79 Å². The molecule has 0 bridgehead atoms. The van der Waals surface area contributed by atoms with E-state index < -0.39 is 0 Å². The molecule has 0 aliphatic heterocycles. The van der Waals surface area contributed by atoms with Crippen molar-refractivity contribution >= 4 is 22.4 Å². The molecule has 0 unspecified atom stereocenters. The number of methoxy groups -OCH3 is 1. The average Bonchev–Trinajstić information content (AvgIpc) is 2.36. The minimum Gasteiger partial charge on any atom is -0.465 e. The topological polar surface area (TPSA) is 29.5 Å². The van der Waals surface area contributed by atoms with Crippen LogP contribution in [0.25, 0.3) is 10.8 Å². The van der Waals surface area contributed by atoms with E-state index in [0.29, 0.717) is 5.56 Å². The lowest BCUT2D eigenvalue weighted by Crippen LogP contribution is -2.08. The number of hydrogen-bond acceptors (Lipinski definition) is 3. The van der Waals surface area contributed by atoms with Crippen LogP contribution in [0.4, 0.5) is 5.69 Å². The van der Waals surface area contributed by atoms with Gasteiger partial charge in [0.1, 0.15) is 0 Å². The largest absolute Gasteiger partial charge is 0.465 e. The van der Waals surface area contributed by atoms with E-state index in [1.165, 1.54) is 7.11 Å². The summed E-state index contributed by atoms with van der Waals surface area (Å²) in [5.41, 5.74) is 1.72. The predicted octanol–water partition coefficient (Wildman–Crippen LogP) is 2.69.